The summed E-state index contributed by atoms with van der Waals surface area (Å²) in [4.78, 5) is 12.9. The van der Waals surface area contributed by atoms with Gasteiger partial charge in [0.1, 0.15) is 13.2 Å². The molecule has 1 N–H and O–H groups in total. The van der Waals surface area contributed by atoms with E-state index >= 15 is 0 Å². The molecule has 0 aliphatic heterocycles. The highest BCUT2D eigenvalue weighted by Crippen LogP contribution is 2.37. The van der Waals surface area contributed by atoms with Crippen molar-refractivity contribution in [3.05, 3.63) is 117 Å². The Bertz CT molecular complexity index is 1630. The van der Waals surface area contributed by atoms with Crippen LogP contribution in [-0.2, 0) is 21.4 Å². The zero-order valence-corrected chi connectivity index (χ0v) is 25.4. The summed E-state index contributed by atoms with van der Waals surface area (Å²) in [5.41, 5.74) is 5.22. The van der Waals surface area contributed by atoms with Crippen molar-refractivity contribution in [2.75, 3.05) is 18.0 Å². The van der Waals surface area contributed by atoms with Crippen LogP contribution in [0.3, 0.4) is 0 Å². The second-order valence-electron chi connectivity index (χ2n) is 8.90. The fraction of sp³-hybridized carbons (Fsp3) is 0.133. The second kappa shape index (κ2) is 13.7. The van der Waals surface area contributed by atoms with Gasteiger partial charge >= 0.3 is 0 Å². The number of carbonyl (C=O) groups excluding carboxylic acids is 1. The van der Waals surface area contributed by atoms with Crippen LogP contribution in [0.15, 0.2) is 105 Å². The molecule has 0 spiro atoms. The minimum Gasteiger partial charge on any atom is -0.493 e. The first-order valence-electron chi connectivity index (χ1n) is 12.4. The lowest BCUT2D eigenvalue weighted by molar-refractivity contribution is -0.119. The van der Waals surface area contributed by atoms with Crippen molar-refractivity contribution >= 4 is 55.4 Å². The summed E-state index contributed by atoms with van der Waals surface area (Å²) >= 11 is 9.51. The van der Waals surface area contributed by atoms with E-state index in [9.17, 15) is 13.2 Å². The number of amides is 1. The van der Waals surface area contributed by atoms with Crippen LogP contribution in [0.2, 0.25) is 5.02 Å². The molecule has 41 heavy (non-hydrogen) atoms. The predicted molar refractivity (Wildman–Crippen MR) is 164 cm³/mol. The number of methoxy groups -OCH3 is 1. The number of ether oxygens (including phenoxy) is 2. The van der Waals surface area contributed by atoms with Gasteiger partial charge in [0.15, 0.2) is 11.5 Å². The Hall–Kier alpha value is -3.86. The van der Waals surface area contributed by atoms with Crippen molar-refractivity contribution in [2.24, 2.45) is 5.10 Å². The summed E-state index contributed by atoms with van der Waals surface area (Å²) in [7, 11) is -2.53. The predicted octanol–water partition coefficient (Wildman–Crippen LogP) is 6.34. The van der Waals surface area contributed by atoms with Crippen molar-refractivity contribution in [1.29, 1.82) is 0 Å². The van der Waals surface area contributed by atoms with Crippen LogP contribution in [0, 0.1) is 6.92 Å². The maximum atomic E-state index is 13.5. The molecule has 0 fully saturated rings. The zero-order chi connectivity index (χ0) is 29.4. The quantitative estimate of drug-likeness (QED) is 0.150. The Morgan fingerprint density at radius 3 is 2.37 bits per heavy atom. The highest BCUT2D eigenvalue weighted by atomic mass is 79.9. The Balaban J connectivity index is 1.48. The topological polar surface area (TPSA) is 97.3 Å². The molecule has 8 nitrogen and oxygen atoms in total. The summed E-state index contributed by atoms with van der Waals surface area (Å²) in [5, 5.41) is 4.46. The van der Waals surface area contributed by atoms with Crippen LogP contribution in [0.25, 0.3) is 0 Å². The molecule has 0 saturated heterocycles. The van der Waals surface area contributed by atoms with E-state index in [-0.39, 0.29) is 10.6 Å². The smallest absolute Gasteiger partial charge is 0.264 e. The van der Waals surface area contributed by atoms with E-state index < -0.39 is 22.5 Å². The van der Waals surface area contributed by atoms with Gasteiger partial charge in [-0.05, 0) is 82.5 Å². The number of hydrogen-bond donors (Lipinski definition) is 1. The van der Waals surface area contributed by atoms with Crippen LogP contribution in [0.4, 0.5) is 5.69 Å². The van der Waals surface area contributed by atoms with E-state index in [0.29, 0.717) is 33.2 Å². The first-order chi connectivity index (χ1) is 19.7. The van der Waals surface area contributed by atoms with Gasteiger partial charge in [-0.15, -0.1) is 0 Å². The lowest BCUT2D eigenvalue weighted by Crippen LogP contribution is -2.39. The molecule has 4 rings (SSSR count). The van der Waals surface area contributed by atoms with Crippen molar-refractivity contribution in [2.45, 2.75) is 18.4 Å². The van der Waals surface area contributed by atoms with Crippen molar-refractivity contribution in [1.82, 2.24) is 5.43 Å². The van der Waals surface area contributed by atoms with Gasteiger partial charge in [0.2, 0.25) is 0 Å². The SMILES string of the molecule is COc1cc(/C=N\NC(=O)CN(c2ccc(Cl)cc2)S(=O)(=O)c2ccc(C)cc2)cc(Br)c1OCc1ccccc1. The molecule has 0 aromatic heterocycles. The second-order valence-corrected chi connectivity index (χ2v) is 12.1. The minimum absolute atomic E-state index is 0.0564. The fourth-order valence-electron chi connectivity index (χ4n) is 3.79. The molecule has 0 aliphatic rings. The Labute approximate surface area is 252 Å². The normalized spacial score (nSPS) is 11.3. The summed E-state index contributed by atoms with van der Waals surface area (Å²) in [6.45, 7) is 1.71. The molecule has 1 amide bonds. The number of hydrazone groups is 1. The van der Waals surface area contributed by atoms with Crippen LogP contribution >= 0.6 is 27.5 Å². The molecule has 11 heteroatoms. The van der Waals surface area contributed by atoms with Crippen molar-refractivity contribution in [3.8, 4) is 11.5 Å². The summed E-state index contributed by atoms with van der Waals surface area (Å²) < 4.78 is 40.1. The lowest BCUT2D eigenvalue weighted by Gasteiger charge is -2.23. The van der Waals surface area contributed by atoms with Crippen LogP contribution in [-0.4, -0.2) is 34.2 Å². The molecule has 0 heterocycles. The molecule has 212 valence electrons. The lowest BCUT2D eigenvalue weighted by atomic mass is 10.2. The number of nitrogens with one attached hydrogen (secondary N) is 1. The van der Waals surface area contributed by atoms with E-state index in [1.807, 2.05) is 37.3 Å². The van der Waals surface area contributed by atoms with E-state index in [4.69, 9.17) is 21.1 Å². The van der Waals surface area contributed by atoms with E-state index in [1.165, 1.54) is 37.6 Å². The monoisotopic (exact) mass is 655 g/mol. The number of carbonyl (C=O) groups is 1. The minimum atomic E-state index is -4.06. The average molecular weight is 657 g/mol. The summed E-state index contributed by atoms with van der Waals surface area (Å²) in [6.07, 6.45) is 1.42. The number of benzene rings is 4. The van der Waals surface area contributed by atoms with Crippen LogP contribution in [0.5, 0.6) is 11.5 Å². The molecular formula is C30H27BrClN3O5S. The number of aryl methyl sites for hydroxylation is 1. The summed E-state index contributed by atoms with van der Waals surface area (Å²) in [6, 6.07) is 25.8. The van der Waals surface area contributed by atoms with Gasteiger partial charge < -0.3 is 9.47 Å². The largest absolute Gasteiger partial charge is 0.493 e. The third-order valence-electron chi connectivity index (χ3n) is 5.89. The standard InChI is InChI=1S/C30H27BrClN3O5S/c1-21-8-14-26(15-9-21)41(37,38)35(25-12-10-24(32)11-13-25)19-29(36)34-33-18-23-16-27(31)30(28(17-23)39-2)40-20-22-6-4-3-5-7-22/h3-18H,19-20H2,1-2H3,(H,34,36)/b33-18-. The van der Waals surface area contributed by atoms with Gasteiger partial charge in [0, 0.05) is 5.02 Å². The Morgan fingerprint density at radius 2 is 1.71 bits per heavy atom. The van der Waals surface area contributed by atoms with Gasteiger partial charge in [-0.2, -0.15) is 5.10 Å². The molecule has 0 bridgehead atoms. The molecule has 0 radical (unpaired) electrons. The first kappa shape index (κ1) is 30.1. The molecule has 0 saturated carbocycles. The van der Waals surface area contributed by atoms with Gasteiger partial charge in [-0.25, -0.2) is 13.8 Å². The highest BCUT2D eigenvalue weighted by molar-refractivity contribution is 9.10. The van der Waals surface area contributed by atoms with Gasteiger partial charge in [0.25, 0.3) is 15.9 Å². The third kappa shape index (κ3) is 7.87. The Morgan fingerprint density at radius 1 is 1.02 bits per heavy atom. The van der Waals surface area contributed by atoms with E-state index in [2.05, 4.69) is 26.5 Å². The molecule has 0 atom stereocenters. The van der Waals surface area contributed by atoms with Crippen LogP contribution < -0.4 is 19.2 Å². The number of rotatable bonds is 11. The number of sulfonamides is 1. The van der Waals surface area contributed by atoms with E-state index in [1.54, 1.807) is 36.4 Å². The Kier molecular flexibility index (Phi) is 10.0. The molecule has 0 unspecified atom stereocenters. The number of anilines is 1. The van der Waals surface area contributed by atoms with Crippen molar-refractivity contribution in [3.63, 3.8) is 0 Å². The van der Waals surface area contributed by atoms with Gasteiger partial charge in [0.05, 0.1) is 28.4 Å². The average Bonchev–Trinajstić information content (AvgIpc) is 2.96. The zero-order valence-electron chi connectivity index (χ0n) is 22.3. The van der Waals surface area contributed by atoms with Crippen molar-refractivity contribution < 1.29 is 22.7 Å². The van der Waals surface area contributed by atoms with Gasteiger partial charge in [-0.1, -0.05) is 59.6 Å². The number of hydrogen-bond acceptors (Lipinski definition) is 6. The molecular weight excluding hydrogens is 630 g/mol. The molecule has 0 aliphatic carbocycles. The molecule has 4 aromatic rings. The summed E-state index contributed by atoms with van der Waals surface area (Å²) in [5.74, 6) is 0.361. The van der Waals surface area contributed by atoms with E-state index in [0.717, 1.165) is 15.4 Å². The third-order valence-corrected chi connectivity index (χ3v) is 8.52. The highest BCUT2D eigenvalue weighted by Gasteiger charge is 2.27. The fourth-order valence-corrected chi connectivity index (χ4v) is 5.91. The molecule has 4 aromatic carbocycles. The maximum Gasteiger partial charge on any atom is 0.264 e. The first-order valence-corrected chi connectivity index (χ1v) is 15.0. The maximum absolute atomic E-state index is 13.5. The number of nitrogens with zero attached hydrogens (tertiary/aromatic N) is 2. The number of halogens is 2. The van der Waals surface area contributed by atoms with Crippen LogP contribution in [0.1, 0.15) is 16.7 Å². The van der Waals surface area contributed by atoms with Gasteiger partial charge in [-0.3, -0.25) is 9.10 Å².